The molecule has 0 amide bonds. The van der Waals surface area contributed by atoms with E-state index in [9.17, 15) is 0 Å². The number of alkyl halides is 1. The number of benzene rings is 1. The third-order valence-corrected chi connectivity index (χ3v) is 5.05. The molecule has 0 radical (unpaired) electrons. The van der Waals surface area contributed by atoms with E-state index < -0.39 is 0 Å². The Morgan fingerprint density at radius 3 is 2.74 bits per heavy atom. The molecule has 100 valence electrons. The van der Waals surface area contributed by atoms with Crippen LogP contribution in [0.3, 0.4) is 0 Å². The zero-order valence-corrected chi connectivity index (χ0v) is 12.5. The molecule has 0 spiro atoms. The summed E-state index contributed by atoms with van der Waals surface area (Å²) in [6.07, 6.45) is 1.91. The van der Waals surface area contributed by atoms with Crippen molar-refractivity contribution < 1.29 is 0 Å². The van der Waals surface area contributed by atoms with Gasteiger partial charge < -0.3 is 0 Å². The molecule has 0 saturated carbocycles. The Morgan fingerprint density at radius 2 is 2.11 bits per heavy atom. The van der Waals surface area contributed by atoms with Gasteiger partial charge in [-0.15, -0.1) is 11.6 Å². The van der Waals surface area contributed by atoms with Crippen LogP contribution in [0.1, 0.15) is 27.8 Å². The maximum absolute atomic E-state index is 6.60. The van der Waals surface area contributed by atoms with Crippen LogP contribution in [-0.4, -0.2) is 9.78 Å². The van der Waals surface area contributed by atoms with Crippen LogP contribution in [0.15, 0.2) is 24.3 Å². The van der Waals surface area contributed by atoms with Gasteiger partial charge in [-0.25, -0.2) is 0 Å². The van der Waals surface area contributed by atoms with E-state index in [1.807, 2.05) is 14.0 Å². The van der Waals surface area contributed by atoms with E-state index in [4.69, 9.17) is 23.2 Å². The van der Waals surface area contributed by atoms with Gasteiger partial charge in [0.2, 0.25) is 0 Å². The fourth-order valence-corrected chi connectivity index (χ4v) is 3.62. The summed E-state index contributed by atoms with van der Waals surface area (Å²) in [5.74, 6) is 0.402. The lowest BCUT2D eigenvalue weighted by molar-refractivity contribution is 0.542. The lowest BCUT2D eigenvalue weighted by Crippen LogP contribution is -2.07. The van der Waals surface area contributed by atoms with Gasteiger partial charge in [0.1, 0.15) is 5.15 Å². The maximum Gasteiger partial charge on any atom is 0.130 e. The molecule has 3 rings (SSSR count). The number of nitrogens with zero attached hydrogens (tertiary/aromatic N) is 2. The first kappa shape index (κ1) is 13.0. The van der Waals surface area contributed by atoms with Crippen molar-refractivity contribution in [3.05, 3.63) is 51.8 Å². The molecule has 0 fully saturated rings. The number of rotatable bonds is 2. The van der Waals surface area contributed by atoms with Crippen LogP contribution < -0.4 is 0 Å². The van der Waals surface area contributed by atoms with Crippen LogP contribution in [-0.2, 0) is 19.9 Å². The first-order chi connectivity index (χ1) is 9.08. The van der Waals surface area contributed by atoms with Gasteiger partial charge in [0.05, 0.1) is 11.1 Å². The molecule has 2 unspecified atom stereocenters. The lowest BCUT2D eigenvalue weighted by atomic mass is 9.97. The predicted molar refractivity (Wildman–Crippen MR) is 78.9 cm³/mol. The smallest absolute Gasteiger partial charge is 0.130 e. The topological polar surface area (TPSA) is 17.8 Å². The molecule has 1 aromatic carbocycles. The monoisotopic (exact) mass is 294 g/mol. The third-order valence-electron chi connectivity index (χ3n) is 3.98. The minimum absolute atomic E-state index is 0.0758. The van der Waals surface area contributed by atoms with E-state index in [0.717, 1.165) is 29.3 Å². The highest BCUT2D eigenvalue weighted by Gasteiger charge is 2.32. The van der Waals surface area contributed by atoms with E-state index in [-0.39, 0.29) is 5.38 Å². The summed E-state index contributed by atoms with van der Waals surface area (Å²) < 4.78 is 1.73. The van der Waals surface area contributed by atoms with Crippen molar-refractivity contribution in [3.63, 3.8) is 0 Å². The fraction of sp³-hybridized carbons (Fsp3) is 0.400. The molecular weight excluding hydrogens is 279 g/mol. The zero-order valence-electron chi connectivity index (χ0n) is 11.0. The molecule has 2 aromatic rings. The second-order valence-electron chi connectivity index (χ2n) is 5.25. The molecule has 1 aliphatic rings. The van der Waals surface area contributed by atoms with Gasteiger partial charge in [0.15, 0.2) is 0 Å². The minimum atomic E-state index is 0.0758. The number of halogens is 2. The lowest BCUT2D eigenvalue weighted by Gasteiger charge is -2.14. The third kappa shape index (κ3) is 2.17. The standard InChI is InChI=1S/C15H16Cl2N2/c1-9-13(15(17)19(2)18-9)8-11-7-10-5-3-4-6-12(10)14(11)16/h3-6,11,14H,7-8H2,1-2H3. The van der Waals surface area contributed by atoms with E-state index >= 15 is 0 Å². The summed E-state index contributed by atoms with van der Waals surface area (Å²) in [4.78, 5) is 0. The van der Waals surface area contributed by atoms with Crippen molar-refractivity contribution in [2.24, 2.45) is 13.0 Å². The number of hydrogen-bond donors (Lipinski definition) is 0. The van der Waals surface area contributed by atoms with E-state index in [1.54, 1.807) is 4.68 Å². The van der Waals surface area contributed by atoms with Crippen molar-refractivity contribution in [1.82, 2.24) is 9.78 Å². The average Bonchev–Trinajstić information content (AvgIpc) is 2.83. The molecule has 19 heavy (non-hydrogen) atoms. The Bertz CT molecular complexity index is 619. The number of aromatic nitrogens is 2. The van der Waals surface area contributed by atoms with Crippen LogP contribution in [0.2, 0.25) is 5.15 Å². The summed E-state index contributed by atoms with van der Waals surface area (Å²) >= 11 is 12.9. The predicted octanol–water partition coefficient (Wildman–Crippen LogP) is 4.08. The van der Waals surface area contributed by atoms with E-state index in [0.29, 0.717) is 5.92 Å². The highest BCUT2D eigenvalue weighted by molar-refractivity contribution is 6.30. The summed E-state index contributed by atoms with van der Waals surface area (Å²) in [7, 11) is 1.88. The quantitative estimate of drug-likeness (QED) is 0.763. The Kier molecular flexibility index (Phi) is 3.32. The van der Waals surface area contributed by atoms with Crippen molar-refractivity contribution in [2.45, 2.75) is 25.1 Å². The second kappa shape index (κ2) is 4.84. The molecule has 0 bridgehead atoms. The molecule has 1 heterocycles. The Hall–Kier alpha value is -0.990. The van der Waals surface area contributed by atoms with Crippen LogP contribution in [0.25, 0.3) is 0 Å². The van der Waals surface area contributed by atoms with Gasteiger partial charge in [-0.2, -0.15) is 5.10 Å². The second-order valence-corrected chi connectivity index (χ2v) is 6.08. The van der Waals surface area contributed by atoms with Crippen molar-refractivity contribution >= 4 is 23.2 Å². The number of hydrogen-bond acceptors (Lipinski definition) is 1. The first-order valence-electron chi connectivity index (χ1n) is 6.47. The van der Waals surface area contributed by atoms with Gasteiger partial charge in [-0.1, -0.05) is 35.9 Å². The van der Waals surface area contributed by atoms with Crippen molar-refractivity contribution in [2.75, 3.05) is 0 Å². The SMILES string of the molecule is Cc1nn(C)c(Cl)c1CC1Cc2ccccc2C1Cl. The number of fused-ring (bicyclic) bond motifs is 1. The summed E-state index contributed by atoms with van der Waals surface area (Å²) in [5.41, 5.74) is 4.77. The van der Waals surface area contributed by atoms with E-state index in [1.165, 1.54) is 11.1 Å². The van der Waals surface area contributed by atoms with Gasteiger partial charge in [0, 0.05) is 12.6 Å². The highest BCUT2D eigenvalue weighted by atomic mass is 35.5. The molecule has 0 N–H and O–H groups in total. The normalized spacial score (nSPS) is 21.7. The summed E-state index contributed by atoms with van der Waals surface area (Å²) in [5, 5.41) is 5.18. The molecule has 1 aromatic heterocycles. The molecule has 4 heteroatoms. The van der Waals surface area contributed by atoms with Crippen LogP contribution >= 0.6 is 23.2 Å². The average molecular weight is 295 g/mol. The first-order valence-corrected chi connectivity index (χ1v) is 7.29. The summed E-state index contributed by atoms with van der Waals surface area (Å²) in [6, 6.07) is 8.43. The number of aryl methyl sites for hydroxylation is 2. The van der Waals surface area contributed by atoms with Gasteiger partial charge >= 0.3 is 0 Å². The van der Waals surface area contributed by atoms with Crippen LogP contribution in [0.4, 0.5) is 0 Å². The Labute approximate surface area is 123 Å². The molecule has 0 aliphatic heterocycles. The molecular formula is C15H16Cl2N2. The van der Waals surface area contributed by atoms with Crippen LogP contribution in [0.5, 0.6) is 0 Å². The van der Waals surface area contributed by atoms with Crippen molar-refractivity contribution in [1.29, 1.82) is 0 Å². The molecule has 1 aliphatic carbocycles. The highest BCUT2D eigenvalue weighted by Crippen LogP contribution is 2.43. The fourth-order valence-electron chi connectivity index (χ4n) is 2.97. The molecule has 0 saturated heterocycles. The Balaban J connectivity index is 1.87. The zero-order chi connectivity index (χ0) is 13.6. The van der Waals surface area contributed by atoms with E-state index in [2.05, 4.69) is 29.4 Å². The maximum atomic E-state index is 6.60. The molecule has 2 atom stereocenters. The molecule has 2 nitrogen and oxygen atoms in total. The van der Waals surface area contributed by atoms with Gasteiger partial charge in [0.25, 0.3) is 0 Å². The van der Waals surface area contributed by atoms with Crippen molar-refractivity contribution in [3.8, 4) is 0 Å². The van der Waals surface area contributed by atoms with Gasteiger partial charge in [-0.05, 0) is 36.8 Å². The van der Waals surface area contributed by atoms with Crippen LogP contribution in [0, 0.1) is 12.8 Å². The Morgan fingerprint density at radius 1 is 1.37 bits per heavy atom. The van der Waals surface area contributed by atoms with Gasteiger partial charge in [-0.3, -0.25) is 4.68 Å². The summed E-state index contributed by atoms with van der Waals surface area (Å²) in [6.45, 7) is 2.01. The largest absolute Gasteiger partial charge is 0.257 e. The minimum Gasteiger partial charge on any atom is -0.257 e.